The Balaban J connectivity index is 1.55. The third-order valence-corrected chi connectivity index (χ3v) is 5.00. The highest BCUT2D eigenvalue weighted by atomic mass is 32.1. The van der Waals surface area contributed by atoms with E-state index in [1.807, 2.05) is 36.4 Å². The number of rotatable bonds is 9. The van der Waals surface area contributed by atoms with Gasteiger partial charge in [-0.1, -0.05) is 12.1 Å². The lowest BCUT2D eigenvalue weighted by molar-refractivity contribution is 0.0950. The number of hydrogen-bond donors (Lipinski definition) is 2. The molecule has 3 rings (SSSR count). The Labute approximate surface area is 173 Å². The summed E-state index contributed by atoms with van der Waals surface area (Å²) < 4.78 is 15.7. The van der Waals surface area contributed by atoms with Gasteiger partial charge in [0, 0.05) is 18.0 Å². The maximum atomic E-state index is 12.4. The van der Waals surface area contributed by atoms with Gasteiger partial charge in [0.1, 0.15) is 22.9 Å². The smallest absolute Gasteiger partial charge is 0.270 e. The Bertz CT molecular complexity index is 957. The monoisotopic (exact) mass is 413 g/mol. The predicted molar refractivity (Wildman–Crippen MR) is 114 cm³/mol. The molecule has 0 saturated heterocycles. The average molecular weight is 413 g/mol. The van der Waals surface area contributed by atoms with Crippen LogP contribution in [0, 0.1) is 0 Å². The van der Waals surface area contributed by atoms with E-state index in [1.54, 1.807) is 32.8 Å². The number of thiazole rings is 1. The van der Waals surface area contributed by atoms with Crippen molar-refractivity contribution in [1.29, 1.82) is 0 Å². The van der Waals surface area contributed by atoms with Gasteiger partial charge >= 0.3 is 0 Å². The first kappa shape index (κ1) is 20.5. The largest absolute Gasteiger partial charge is 0.497 e. The summed E-state index contributed by atoms with van der Waals surface area (Å²) in [6.45, 7) is 0.526. The molecule has 0 spiro atoms. The van der Waals surface area contributed by atoms with Crippen molar-refractivity contribution in [1.82, 2.24) is 10.3 Å². The van der Waals surface area contributed by atoms with Crippen LogP contribution in [0.25, 0.3) is 0 Å². The molecular weight excluding hydrogens is 390 g/mol. The zero-order valence-electron chi connectivity index (χ0n) is 16.5. The summed E-state index contributed by atoms with van der Waals surface area (Å²) in [6, 6.07) is 13.2. The highest BCUT2D eigenvalue weighted by Gasteiger charge is 2.12. The Kier molecular flexibility index (Phi) is 6.91. The number of aromatic nitrogens is 1. The average Bonchev–Trinajstić information content (AvgIpc) is 3.23. The molecule has 0 radical (unpaired) electrons. The minimum Gasteiger partial charge on any atom is -0.497 e. The van der Waals surface area contributed by atoms with Crippen LogP contribution in [0.2, 0.25) is 0 Å². The van der Waals surface area contributed by atoms with Crippen molar-refractivity contribution in [2.24, 2.45) is 0 Å². The van der Waals surface area contributed by atoms with Crippen molar-refractivity contribution in [2.75, 3.05) is 33.2 Å². The SMILES string of the molecule is COc1ccc(CCNC(=O)c2csc(Nc3ccc(OC)cc3OC)n2)cc1. The number of carbonyl (C=O) groups excluding carboxylic acids is 1. The molecule has 2 N–H and O–H groups in total. The van der Waals surface area contributed by atoms with Crippen LogP contribution >= 0.6 is 11.3 Å². The summed E-state index contributed by atoms with van der Waals surface area (Å²) in [5, 5.41) is 8.40. The molecule has 29 heavy (non-hydrogen) atoms. The van der Waals surface area contributed by atoms with E-state index in [0.717, 1.165) is 23.4 Å². The highest BCUT2D eigenvalue weighted by Crippen LogP contribution is 2.32. The lowest BCUT2D eigenvalue weighted by Gasteiger charge is -2.10. The fraction of sp³-hybridized carbons (Fsp3) is 0.238. The van der Waals surface area contributed by atoms with Gasteiger partial charge in [0.15, 0.2) is 5.13 Å². The van der Waals surface area contributed by atoms with Gasteiger partial charge in [-0.05, 0) is 36.2 Å². The van der Waals surface area contributed by atoms with E-state index >= 15 is 0 Å². The molecule has 8 heteroatoms. The third kappa shape index (κ3) is 5.39. The molecular formula is C21H23N3O4S. The van der Waals surface area contributed by atoms with E-state index in [9.17, 15) is 4.79 Å². The quantitative estimate of drug-likeness (QED) is 0.554. The Hall–Kier alpha value is -3.26. The number of methoxy groups -OCH3 is 3. The van der Waals surface area contributed by atoms with Crippen molar-refractivity contribution in [3.63, 3.8) is 0 Å². The first-order valence-corrected chi connectivity index (χ1v) is 9.86. The topological polar surface area (TPSA) is 81.7 Å². The number of carbonyl (C=O) groups is 1. The molecule has 0 atom stereocenters. The molecule has 1 heterocycles. The maximum absolute atomic E-state index is 12.4. The Morgan fingerprint density at radius 2 is 1.72 bits per heavy atom. The summed E-state index contributed by atoms with van der Waals surface area (Å²) in [5.74, 6) is 1.94. The number of nitrogens with zero attached hydrogens (tertiary/aromatic N) is 1. The molecule has 0 unspecified atom stereocenters. The number of hydrogen-bond acceptors (Lipinski definition) is 7. The second-order valence-corrected chi connectivity index (χ2v) is 6.94. The summed E-state index contributed by atoms with van der Waals surface area (Å²) in [6.07, 6.45) is 0.730. The van der Waals surface area contributed by atoms with Crippen LogP contribution < -0.4 is 24.8 Å². The molecule has 3 aromatic rings. The molecule has 0 aliphatic rings. The normalized spacial score (nSPS) is 10.3. The second kappa shape index (κ2) is 9.79. The molecule has 0 aliphatic carbocycles. The van der Waals surface area contributed by atoms with Crippen molar-refractivity contribution >= 4 is 28.1 Å². The fourth-order valence-corrected chi connectivity index (χ4v) is 3.36. The van der Waals surface area contributed by atoms with Crippen LogP contribution in [0.1, 0.15) is 16.1 Å². The molecule has 152 valence electrons. The zero-order valence-corrected chi connectivity index (χ0v) is 17.3. The lowest BCUT2D eigenvalue weighted by Crippen LogP contribution is -2.25. The van der Waals surface area contributed by atoms with Crippen LogP contribution in [0.3, 0.4) is 0 Å². The van der Waals surface area contributed by atoms with E-state index in [-0.39, 0.29) is 5.91 Å². The van der Waals surface area contributed by atoms with Gasteiger partial charge in [-0.15, -0.1) is 11.3 Å². The van der Waals surface area contributed by atoms with Gasteiger partial charge in [-0.25, -0.2) is 4.98 Å². The number of ether oxygens (including phenoxy) is 3. The summed E-state index contributed by atoms with van der Waals surface area (Å²) in [5.41, 5.74) is 2.24. The van der Waals surface area contributed by atoms with Crippen LogP contribution in [-0.2, 0) is 6.42 Å². The zero-order chi connectivity index (χ0) is 20.6. The molecule has 0 aliphatic heterocycles. The molecule has 1 amide bonds. The van der Waals surface area contributed by atoms with Gasteiger partial charge in [0.25, 0.3) is 5.91 Å². The van der Waals surface area contributed by atoms with E-state index in [0.29, 0.717) is 28.9 Å². The highest BCUT2D eigenvalue weighted by molar-refractivity contribution is 7.14. The van der Waals surface area contributed by atoms with Crippen LogP contribution in [0.5, 0.6) is 17.2 Å². The standard InChI is InChI=1S/C21H23N3O4S/c1-26-15-6-4-14(5-7-15)10-11-22-20(25)18-13-29-21(24-18)23-17-9-8-16(27-2)12-19(17)28-3/h4-9,12-13H,10-11H2,1-3H3,(H,22,25)(H,23,24). The second-order valence-electron chi connectivity index (χ2n) is 6.08. The number of benzene rings is 2. The molecule has 0 fully saturated rings. The van der Waals surface area contributed by atoms with Crippen LogP contribution in [0.15, 0.2) is 47.8 Å². The number of amides is 1. The van der Waals surface area contributed by atoms with Gasteiger partial charge in [-0.2, -0.15) is 0 Å². The Morgan fingerprint density at radius 3 is 2.41 bits per heavy atom. The molecule has 0 saturated carbocycles. The van der Waals surface area contributed by atoms with Gasteiger partial charge in [0.05, 0.1) is 27.0 Å². The van der Waals surface area contributed by atoms with Gasteiger partial charge < -0.3 is 24.8 Å². The lowest BCUT2D eigenvalue weighted by atomic mass is 10.1. The summed E-state index contributed by atoms with van der Waals surface area (Å²) in [4.78, 5) is 16.7. The summed E-state index contributed by atoms with van der Waals surface area (Å²) in [7, 11) is 4.82. The minimum absolute atomic E-state index is 0.204. The van der Waals surface area contributed by atoms with Crippen molar-refractivity contribution in [3.8, 4) is 17.2 Å². The maximum Gasteiger partial charge on any atom is 0.270 e. The first-order chi connectivity index (χ1) is 14.1. The van der Waals surface area contributed by atoms with E-state index in [4.69, 9.17) is 14.2 Å². The van der Waals surface area contributed by atoms with Crippen molar-refractivity contribution in [2.45, 2.75) is 6.42 Å². The van der Waals surface area contributed by atoms with E-state index < -0.39 is 0 Å². The minimum atomic E-state index is -0.204. The number of anilines is 2. The molecule has 7 nitrogen and oxygen atoms in total. The molecule has 1 aromatic heterocycles. The predicted octanol–water partition coefficient (Wildman–Crippen LogP) is 3.89. The van der Waals surface area contributed by atoms with Gasteiger partial charge in [-0.3, -0.25) is 4.79 Å². The van der Waals surface area contributed by atoms with Crippen LogP contribution in [0.4, 0.5) is 10.8 Å². The third-order valence-electron chi connectivity index (χ3n) is 4.25. The van der Waals surface area contributed by atoms with Crippen LogP contribution in [-0.4, -0.2) is 38.8 Å². The van der Waals surface area contributed by atoms with Gasteiger partial charge in [0.2, 0.25) is 0 Å². The molecule has 0 bridgehead atoms. The van der Waals surface area contributed by atoms with Crippen molar-refractivity contribution < 1.29 is 19.0 Å². The number of nitrogens with one attached hydrogen (secondary N) is 2. The first-order valence-electron chi connectivity index (χ1n) is 8.98. The van der Waals surface area contributed by atoms with Crippen molar-refractivity contribution in [3.05, 3.63) is 59.1 Å². The summed E-state index contributed by atoms with van der Waals surface area (Å²) >= 11 is 1.35. The fourth-order valence-electron chi connectivity index (χ4n) is 2.66. The Morgan fingerprint density at radius 1 is 1.00 bits per heavy atom. The molecule has 2 aromatic carbocycles. The van der Waals surface area contributed by atoms with E-state index in [1.165, 1.54) is 11.3 Å². The van der Waals surface area contributed by atoms with E-state index in [2.05, 4.69) is 15.6 Å².